The van der Waals surface area contributed by atoms with E-state index in [1.165, 1.54) is 5.56 Å². The van der Waals surface area contributed by atoms with Crippen LogP contribution in [0.15, 0.2) is 24.3 Å². The summed E-state index contributed by atoms with van der Waals surface area (Å²) < 4.78 is 0. The van der Waals surface area contributed by atoms with Crippen LogP contribution in [-0.2, 0) is 16.0 Å². The van der Waals surface area contributed by atoms with Crippen molar-refractivity contribution in [1.82, 2.24) is 15.1 Å². The van der Waals surface area contributed by atoms with Crippen LogP contribution >= 0.6 is 24.8 Å². The lowest BCUT2D eigenvalue weighted by Crippen LogP contribution is -2.54. The molecule has 1 aromatic carbocycles. The molecule has 4 rings (SSSR count). The first kappa shape index (κ1) is 22.0. The molecule has 1 N–H and O–H groups in total. The molecule has 0 bridgehead atoms. The number of carbonyl (C=O) groups excluding carboxylic acids is 2. The van der Waals surface area contributed by atoms with Crippen LogP contribution in [0.5, 0.6) is 0 Å². The molecule has 3 heterocycles. The maximum absolute atomic E-state index is 12.7. The van der Waals surface area contributed by atoms with Gasteiger partial charge in [0, 0.05) is 38.4 Å². The first-order valence-corrected chi connectivity index (χ1v) is 9.35. The number of piperazine rings is 1. The van der Waals surface area contributed by atoms with Crippen molar-refractivity contribution >= 4 is 42.3 Å². The Hall–Kier alpha value is -1.34. The third-order valence-corrected chi connectivity index (χ3v) is 5.59. The van der Waals surface area contributed by atoms with Crippen molar-refractivity contribution in [2.75, 3.05) is 50.7 Å². The Morgan fingerprint density at radius 1 is 1.04 bits per heavy atom. The second-order valence-electron chi connectivity index (χ2n) is 7.17. The van der Waals surface area contributed by atoms with Gasteiger partial charge in [-0.2, -0.15) is 0 Å². The summed E-state index contributed by atoms with van der Waals surface area (Å²) in [5, 5.41) is 3.28. The standard InChI is InChI=1S/C19H26N4O2.2ClH/c24-18(23-9-7-15-4-1-2-6-17(15)23)14-21-10-12-22(13-11-21)19(25)16-5-3-8-20-16;;/h1-2,4,6,16,20H,3,5,7-14H2;2*1H. The summed E-state index contributed by atoms with van der Waals surface area (Å²) in [7, 11) is 0. The number of benzene rings is 1. The van der Waals surface area contributed by atoms with Crippen LogP contribution in [0, 0.1) is 0 Å². The molecule has 2 saturated heterocycles. The van der Waals surface area contributed by atoms with Crippen molar-refractivity contribution < 1.29 is 9.59 Å². The third-order valence-electron chi connectivity index (χ3n) is 5.59. The maximum atomic E-state index is 12.7. The lowest BCUT2D eigenvalue weighted by atomic mass is 10.2. The SMILES string of the molecule is Cl.Cl.O=C(C1CCCN1)N1CCN(CC(=O)N2CCc3ccccc32)CC1. The van der Waals surface area contributed by atoms with E-state index in [0.717, 1.165) is 64.2 Å². The summed E-state index contributed by atoms with van der Waals surface area (Å²) in [5.41, 5.74) is 2.32. The fraction of sp³-hybridized carbons (Fsp3) is 0.579. The molecule has 27 heavy (non-hydrogen) atoms. The van der Waals surface area contributed by atoms with Gasteiger partial charge < -0.3 is 15.1 Å². The molecule has 2 fully saturated rings. The van der Waals surface area contributed by atoms with E-state index in [9.17, 15) is 9.59 Å². The minimum Gasteiger partial charge on any atom is -0.339 e. The van der Waals surface area contributed by atoms with Gasteiger partial charge in [-0.15, -0.1) is 24.8 Å². The first-order valence-electron chi connectivity index (χ1n) is 9.35. The number of hydrogen-bond donors (Lipinski definition) is 1. The van der Waals surface area contributed by atoms with E-state index in [4.69, 9.17) is 0 Å². The summed E-state index contributed by atoms with van der Waals surface area (Å²) in [5.74, 6) is 0.402. The van der Waals surface area contributed by atoms with Gasteiger partial charge in [-0.3, -0.25) is 14.5 Å². The number of halogens is 2. The molecule has 0 spiro atoms. The molecule has 2 amide bonds. The molecule has 1 unspecified atom stereocenters. The van der Waals surface area contributed by atoms with Crippen molar-refractivity contribution in [3.05, 3.63) is 29.8 Å². The zero-order valence-corrected chi connectivity index (χ0v) is 17.1. The second-order valence-corrected chi connectivity index (χ2v) is 7.17. The maximum Gasteiger partial charge on any atom is 0.241 e. The van der Waals surface area contributed by atoms with Crippen LogP contribution in [-0.4, -0.2) is 73.5 Å². The smallest absolute Gasteiger partial charge is 0.241 e. The van der Waals surface area contributed by atoms with Gasteiger partial charge in [0.05, 0.1) is 12.6 Å². The van der Waals surface area contributed by atoms with E-state index in [2.05, 4.69) is 16.3 Å². The molecular weight excluding hydrogens is 387 g/mol. The van der Waals surface area contributed by atoms with Gasteiger partial charge in [0.15, 0.2) is 0 Å². The quantitative estimate of drug-likeness (QED) is 0.809. The fourth-order valence-corrected chi connectivity index (χ4v) is 4.12. The molecule has 1 aromatic rings. The number of rotatable bonds is 3. The number of para-hydroxylation sites is 1. The predicted molar refractivity (Wildman–Crippen MR) is 111 cm³/mol. The number of amides is 2. The Morgan fingerprint density at radius 2 is 1.78 bits per heavy atom. The molecule has 0 aromatic heterocycles. The molecule has 3 aliphatic rings. The Kier molecular flexibility index (Phi) is 7.91. The van der Waals surface area contributed by atoms with Crippen LogP contribution in [0.2, 0.25) is 0 Å². The van der Waals surface area contributed by atoms with Crippen LogP contribution in [0.3, 0.4) is 0 Å². The topological polar surface area (TPSA) is 55.9 Å². The summed E-state index contributed by atoms with van der Waals surface area (Å²) in [6.45, 7) is 5.17. The van der Waals surface area contributed by atoms with Gasteiger partial charge in [-0.25, -0.2) is 0 Å². The molecule has 3 aliphatic heterocycles. The zero-order valence-electron chi connectivity index (χ0n) is 15.4. The molecule has 150 valence electrons. The van der Waals surface area contributed by atoms with Crippen LogP contribution in [0.1, 0.15) is 18.4 Å². The average Bonchev–Trinajstić information content (AvgIpc) is 3.31. The number of carbonyl (C=O) groups is 2. The minimum atomic E-state index is 0. The lowest BCUT2D eigenvalue weighted by molar-refractivity contribution is -0.135. The highest BCUT2D eigenvalue weighted by Gasteiger charge is 2.31. The minimum absolute atomic E-state index is 0. The van der Waals surface area contributed by atoms with Gasteiger partial charge >= 0.3 is 0 Å². The summed E-state index contributed by atoms with van der Waals surface area (Å²) in [6.07, 6.45) is 2.98. The van der Waals surface area contributed by atoms with Crippen LogP contribution in [0.4, 0.5) is 5.69 Å². The van der Waals surface area contributed by atoms with Crippen LogP contribution < -0.4 is 10.2 Å². The Balaban J connectivity index is 0.00000131. The van der Waals surface area contributed by atoms with E-state index in [1.807, 2.05) is 28.0 Å². The molecule has 1 atom stereocenters. The Bertz CT molecular complexity index is 659. The predicted octanol–water partition coefficient (Wildman–Crippen LogP) is 1.32. The highest BCUT2D eigenvalue weighted by molar-refractivity contribution is 5.96. The fourth-order valence-electron chi connectivity index (χ4n) is 4.12. The van der Waals surface area contributed by atoms with Gasteiger partial charge in [-0.05, 0) is 37.4 Å². The zero-order chi connectivity index (χ0) is 17.2. The van der Waals surface area contributed by atoms with Gasteiger partial charge in [-0.1, -0.05) is 18.2 Å². The first-order chi connectivity index (χ1) is 12.2. The monoisotopic (exact) mass is 414 g/mol. The second kappa shape index (κ2) is 9.73. The molecular formula is C19H28Cl2N4O2. The van der Waals surface area contributed by atoms with Crippen molar-refractivity contribution in [3.8, 4) is 0 Å². The van der Waals surface area contributed by atoms with Crippen molar-refractivity contribution in [2.45, 2.75) is 25.3 Å². The molecule has 8 heteroatoms. The molecule has 0 saturated carbocycles. The van der Waals surface area contributed by atoms with Crippen molar-refractivity contribution in [2.24, 2.45) is 0 Å². The average molecular weight is 415 g/mol. The van der Waals surface area contributed by atoms with E-state index in [1.54, 1.807) is 0 Å². The summed E-state index contributed by atoms with van der Waals surface area (Å²) in [4.78, 5) is 31.2. The van der Waals surface area contributed by atoms with Crippen LogP contribution in [0.25, 0.3) is 0 Å². The number of nitrogens with zero attached hydrogens (tertiary/aromatic N) is 3. The highest BCUT2D eigenvalue weighted by atomic mass is 35.5. The van der Waals surface area contributed by atoms with Gasteiger partial charge in [0.25, 0.3) is 0 Å². The van der Waals surface area contributed by atoms with Crippen molar-refractivity contribution in [3.63, 3.8) is 0 Å². The highest BCUT2D eigenvalue weighted by Crippen LogP contribution is 2.27. The lowest BCUT2D eigenvalue weighted by Gasteiger charge is -2.36. The number of fused-ring (bicyclic) bond motifs is 1. The Morgan fingerprint density at radius 3 is 2.48 bits per heavy atom. The number of anilines is 1. The molecule has 0 aliphatic carbocycles. The third kappa shape index (κ3) is 4.74. The molecule has 6 nitrogen and oxygen atoms in total. The van der Waals surface area contributed by atoms with Gasteiger partial charge in [0.1, 0.15) is 0 Å². The largest absolute Gasteiger partial charge is 0.339 e. The number of hydrogen-bond acceptors (Lipinski definition) is 4. The van der Waals surface area contributed by atoms with Crippen molar-refractivity contribution in [1.29, 1.82) is 0 Å². The van der Waals surface area contributed by atoms with E-state index >= 15 is 0 Å². The number of nitrogens with one attached hydrogen (secondary N) is 1. The Labute approximate surface area is 173 Å². The van der Waals surface area contributed by atoms with E-state index < -0.39 is 0 Å². The summed E-state index contributed by atoms with van der Waals surface area (Å²) in [6, 6.07) is 8.16. The van der Waals surface area contributed by atoms with E-state index in [0.29, 0.717) is 6.54 Å². The normalized spacial score (nSPS) is 22.0. The van der Waals surface area contributed by atoms with Gasteiger partial charge in [0.2, 0.25) is 11.8 Å². The van der Waals surface area contributed by atoms with E-state index in [-0.39, 0.29) is 42.7 Å². The summed E-state index contributed by atoms with van der Waals surface area (Å²) >= 11 is 0. The molecule has 0 radical (unpaired) electrons.